The van der Waals surface area contributed by atoms with Gasteiger partial charge in [-0.05, 0) is 5.92 Å². The third-order valence-corrected chi connectivity index (χ3v) is 2.51. The van der Waals surface area contributed by atoms with Crippen molar-refractivity contribution in [2.24, 2.45) is 5.92 Å². The number of ketones is 1. The Hall–Kier alpha value is 0.540. The van der Waals surface area contributed by atoms with Crippen molar-refractivity contribution in [1.82, 2.24) is 0 Å². The van der Waals surface area contributed by atoms with Gasteiger partial charge in [0, 0.05) is 11.8 Å². The minimum atomic E-state index is -0.935. The van der Waals surface area contributed by atoms with Crippen LogP contribution in [0.5, 0.6) is 0 Å². The molecule has 0 bridgehead atoms. The number of hydrogen-bond donors (Lipinski definition) is 0. The molecule has 0 spiro atoms. The lowest BCUT2D eigenvalue weighted by atomic mass is 10.1. The summed E-state index contributed by atoms with van der Waals surface area (Å²) in [5, 5.41) is -0.164. The molecule has 66 valence electrons. The molecule has 1 unspecified atom stereocenters. The lowest BCUT2D eigenvalue weighted by molar-refractivity contribution is -0.117. The van der Waals surface area contributed by atoms with Crippen LogP contribution in [0.25, 0.3) is 0 Å². The van der Waals surface area contributed by atoms with Crippen LogP contribution in [-0.4, -0.2) is 16.0 Å². The first-order valence-electron chi connectivity index (χ1n) is 3.40. The Morgan fingerprint density at radius 3 is 2.00 bits per heavy atom. The predicted octanol–water partition coefficient (Wildman–Crippen LogP) is 3.01. The van der Waals surface area contributed by atoms with Crippen molar-refractivity contribution in [3.63, 3.8) is 0 Å². The van der Waals surface area contributed by atoms with E-state index in [1.807, 2.05) is 13.8 Å². The van der Waals surface area contributed by atoms with Gasteiger partial charge in [-0.15, -0.1) is 11.6 Å². The van der Waals surface area contributed by atoms with E-state index >= 15 is 0 Å². The maximum absolute atomic E-state index is 10.9. The van der Waals surface area contributed by atoms with Gasteiger partial charge in [0.25, 0.3) is 0 Å². The van der Waals surface area contributed by atoms with E-state index in [0.29, 0.717) is 0 Å². The molecule has 0 N–H and O–H groups in total. The van der Waals surface area contributed by atoms with E-state index in [9.17, 15) is 4.79 Å². The van der Waals surface area contributed by atoms with Crippen molar-refractivity contribution in [2.45, 2.75) is 30.5 Å². The number of hydrogen-bond acceptors (Lipinski definition) is 1. The smallest absolute Gasteiger partial charge is 0.167 e. The van der Waals surface area contributed by atoms with E-state index in [-0.39, 0.29) is 23.5 Å². The van der Waals surface area contributed by atoms with Gasteiger partial charge in [0.2, 0.25) is 0 Å². The highest BCUT2D eigenvalue weighted by Gasteiger charge is 2.18. The summed E-state index contributed by atoms with van der Waals surface area (Å²) in [7, 11) is 0. The molecule has 0 aromatic heterocycles. The Morgan fingerprint density at radius 1 is 1.27 bits per heavy atom. The number of halogens is 3. The normalized spacial score (nSPS) is 14.1. The van der Waals surface area contributed by atoms with Crippen LogP contribution in [0.3, 0.4) is 0 Å². The number of carbonyl (C=O) groups excluding carboxylic acids is 1. The quantitative estimate of drug-likeness (QED) is 0.662. The Balaban J connectivity index is 3.76. The molecule has 0 rings (SSSR count). The van der Waals surface area contributed by atoms with E-state index in [0.717, 1.165) is 0 Å². The molecule has 11 heavy (non-hydrogen) atoms. The second-order valence-corrected chi connectivity index (χ2v) is 4.39. The zero-order valence-corrected chi connectivity index (χ0v) is 8.75. The first-order chi connectivity index (χ1) is 4.95. The second-order valence-electron chi connectivity index (χ2n) is 2.73. The topological polar surface area (TPSA) is 17.1 Å². The molecular weight excluding hydrogens is 206 g/mol. The van der Waals surface area contributed by atoms with Crippen molar-refractivity contribution in [2.75, 3.05) is 0 Å². The molecular formula is C7H11Cl3O. The van der Waals surface area contributed by atoms with E-state index in [2.05, 4.69) is 0 Å². The van der Waals surface area contributed by atoms with Crippen LogP contribution in [0.2, 0.25) is 0 Å². The van der Waals surface area contributed by atoms with Crippen LogP contribution < -0.4 is 0 Å². The zero-order chi connectivity index (χ0) is 9.02. The number of alkyl halides is 3. The summed E-state index contributed by atoms with van der Waals surface area (Å²) in [6.45, 7) is 3.89. The van der Waals surface area contributed by atoms with Crippen LogP contribution in [0.1, 0.15) is 20.3 Å². The third-order valence-electron chi connectivity index (χ3n) is 1.36. The molecule has 0 saturated heterocycles. The molecule has 0 aliphatic heterocycles. The first kappa shape index (κ1) is 11.5. The van der Waals surface area contributed by atoms with Crippen molar-refractivity contribution < 1.29 is 4.79 Å². The van der Waals surface area contributed by atoms with Gasteiger partial charge in [-0.3, -0.25) is 4.79 Å². The monoisotopic (exact) mass is 216 g/mol. The maximum atomic E-state index is 10.9. The van der Waals surface area contributed by atoms with Gasteiger partial charge in [-0.25, -0.2) is 0 Å². The highest BCUT2D eigenvalue weighted by Crippen LogP contribution is 2.17. The maximum Gasteiger partial charge on any atom is 0.167 e. The lowest BCUT2D eigenvalue weighted by Crippen LogP contribution is -2.17. The van der Waals surface area contributed by atoms with Crippen molar-refractivity contribution in [3.05, 3.63) is 0 Å². The SMILES string of the molecule is CC(C)C(Cl)CC(=O)C(Cl)Cl. The summed E-state index contributed by atoms with van der Waals surface area (Å²) in [6.07, 6.45) is 0.247. The van der Waals surface area contributed by atoms with Gasteiger partial charge in [0.15, 0.2) is 10.6 Å². The van der Waals surface area contributed by atoms with E-state index < -0.39 is 4.84 Å². The van der Waals surface area contributed by atoms with Gasteiger partial charge in [0.05, 0.1) is 0 Å². The molecule has 0 aromatic rings. The van der Waals surface area contributed by atoms with Gasteiger partial charge in [-0.1, -0.05) is 37.0 Å². The Morgan fingerprint density at radius 2 is 1.73 bits per heavy atom. The number of carbonyl (C=O) groups is 1. The second kappa shape index (κ2) is 5.23. The standard InChI is InChI=1S/C7H11Cl3O/c1-4(2)5(8)3-6(11)7(9)10/h4-5,7H,3H2,1-2H3. The number of rotatable bonds is 4. The van der Waals surface area contributed by atoms with Gasteiger partial charge >= 0.3 is 0 Å². The predicted molar refractivity (Wildman–Crippen MR) is 49.6 cm³/mol. The van der Waals surface area contributed by atoms with Crippen LogP contribution in [0.15, 0.2) is 0 Å². The summed E-state index contributed by atoms with van der Waals surface area (Å²) in [4.78, 5) is 9.97. The summed E-state index contributed by atoms with van der Waals surface area (Å²) in [5.74, 6) is 0.0646. The summed E-state index contributed by atoms with van der Waals surface area (Å²) in [6, 6.07) is 0. The first-order valence-corrected chi connectivity index (χ1v) is 4.71. The molecule has 0 aliphatic rings. The van der Waals surface area contributed by atoms with Crippen LogP contribution >= 0.6 is 34.8 Å². The largest absolute Gasteiger partial charge is 0.297 e. The minimum absolute atomic E-state index is 0.164. The minimum Gasteiger partial charge on any atom is -0.297 e. The van der Waals surface area contributed by atoms with E-state index in [1.54, 1.807) is 0 Å². The van der Waals surface area contributed by atoms with E-state index in [1.165, 1.54) is 0 Å². The molecule has 1 nitrogen and oxygen atoms in total. The van der Waals surface area contributed by atoms with Gasteiger partial charge in [-0.2, -0.15) is 0 Å². The fourth-order valence-corrected chi connectivity index (χ4v) is 0.847. The number of Topliss-reactive ketones (excluding diaryl/α,β-unsaturated/α-hetero) is 1. The average molecular weight is 218 g/mol. The highest BCUT2D eigenvalue weighted by molar-refractivity contribution is 6.53. The van der Waals surface area contributed by atoms with Crippen molar-refractivity contribution in [3.8, 4) is 0 Å². The van der Waals surface area contributed by atoms with E-state index in [4.69, 9.17) is 34.8 Å². The lowest BCUT2D eigenvalue weighted by Gasteiger charge is -2.11. The Bertz CT molecular complexity index is 134. The molecule has 1 atom stereocenters. The summed E-state index contributed by atoms with van der Waals surface area (Å²) < 4.78 is 0. The Labute approximate surface area is 82.0 Å². The van der Waals surface area contributed by atoms with Crippen molar-refractivity contribution in [1.29, 1.82) is 0 Å². The van der Waals surface area contributed by atoms with Crippen LogP contribution in [0, 0.1) is 5.92 Å². The Kier molecular flexibility index (Phi) is 5.49. The van der Waals surface area contributed by atoms with Crippen LogP contribution in [0.4, 0.5) is 0 Å². The zero-order valence-electron chi connectivity index (χ0n) is 6.48. The molecule has 4 heteroatoms. The van der Waals surface area contributed by atoms with Gasteiger partial charge < -0.3 is 0 Å². The highest BCUT2D eigenvalue weighted by atomic mass is 35.5. The molecule has 0 amide bonds. The molecule has 0 saturated carbocycles. The third kappa shape index (κ3) is 4.89. The fourth-order valence-electron chi connectivity index (χ4n) is 0.517. The molecule has 0 aliphatic carbocycles. The van der Waals surface area contributed by atoms with Crippen LogP contribution in [-0.2, 0) is 4.79 Å². The molecule has 0 heterocycles. The fraction of sp³-hybridized carbons (Fsp3) is 0.857. The average Bonchev–Trinajstić information content (AvgIpc) is 1.87. The summed E-state index contributed by atoms with van der Waals surface area (Å²) >= 11 is 16.5. The molecule has 0 fully saturated rings. The van der Waals surface area contributed by atoms with Gasteiger partial charge in [0.1, 0.15) is 0 Å². The molecule has 0 aromatic carbocycles. The van der Waals surface area contributed by atoms with Crippen molar-refractivity contribution >= 4 is 40.6 Å². The molecule has 0 radical (unpaired) electrons. The summed E-state index contributed by atoms with van der Waals surface area (Å²) in [5.41, 5.74) is 0.